The topological polar surface area (TPSA) is 23.5 Å². The first kappa shape index (κ1) is 7.19. The molecule has 1 aliphatic rings. The van der Waals surface area contributed by atoms with Gasteiger partial charge in [0.2, 0.25) is 0 Å². The van der Waals surface area contributed by atoms with Crippen molar-refractivity contribution in [2.45, 2.75) is 13.8 Å². The SMILES string of the molecule is CC1=CN(C)CC(O)=C1C. The number of hydrogen-bond acceptors (Lipinski definition) is 2. The van der Waals surface area contributed by atoms with E-state index in [1.807, 2.05) is 32.0 Å². The van der Waals surface area contributed by atoms with E-state index in [0.29, 0.717) is 12.3 Å². The average Bonchev–Trinajstić information content (AvgIpc) is 1.82. The van der Waals surface area contributed by atoms with Gasteiger partial charge in [0.05, 0.1) is 6.54 Å². The summed E-state index contributed by atoms with van der Waals surface area (Å²) < 4.78 is 0. The van der Waals surface area contributed by atoms with Crippen LogP contribution in [-0.4, -0.2) is 23.6 Å². The summed E-state index contributed by atoms with van der Waals surface area (Å²) in [4.78, 5) is 1.97. The van der Waals surface area contributed by atoms with Crippen LogP contribution in [0, 0.1) is 0 Å². The third kappa shape index (κ3) is 1.15. The largest absolute Gasteiger partial charge is 0.510 e. The first-order valence-electron chi connectivity index (χ1n) is 3.39. The van der Waals surface area contributed by atoms with Gasteiger partial charge in [0.1, 0.15) is 5.76 Å². The number of aliphatic hydroxyl groups is 1. The van der Waals surface area contributed by atoms with Crippen LogP contribution in [0.5, 0.6) is 0 Å². The Labute approximate surface area is 61.5 Å². The predicted molar refractivity (Wildman–Crippen MR) is 41.7 cm³/mol. The minimum atomic E-state index is 0.488. The van der Waals surface area contributed by atoms with E-state index < -0.39 is 0 Å². The molecule has 0 saturated carbocycles. The maximum Gasteiger partial charge on any atom is 0.115 e. The fraction of sp³-hybridized carbons (Fsp3) is 0.500. The van der Waals surface area contributed by atoms with Crippen molar-refractivity contribution in [2.24, 2.45) is 0 Å². The fourth-order valence-electron chi connectivity index (χ4n) is 1.06. The van der Waals surface area contributed by atoms with Crippen LogP contribution in [0.25, 0.3) is 0 Å². The zero-order valence-electron chi connectivity index (χ0n) is 6.68. The molecule has 10 heavy (non-hydrogen) atoms. The molecule has 0 aromatic heterocycles. The molecule has 1 N–H and O–H groups in total. The Kier molecular flexibility index (Phi) is 1.70. The van der Waals surface area contributed by atoms with Crippen molar-refractivity contribution in [1.29, 1.82) is 0 Å². The van der Waals surface area contributed by atoms with Crippen LogP contribution in [0.15, 0.2) is 23.1 Å². The summed E-state index contributed by atoms with van der Waals surface area (Å²) in [7, 11) is 1.95. The molecule has 0 bridgehead atoms. The second-order valence-corrected chi connectivity index (χ2v) is 2.80. The minimum absolute atomic E-state index is 0.488. The zero-order chi connectivity index (χ0) is 7.72. The first-order valence-corrected chi connectivity index (χ1v) is 3.39. The van der Waals surface area contributed by atoms with E-state index in [1.54, 1.807) is 0 Å². The third-order valence-electron chi connectivity index (χ3n) is 1.84. The number of allylic oxidation sites excluding steroid dienone is 2. The lowest BCUT2D eigenvalue weighted by Gasteiger charge is -2.21. The monoisotopic (exact) mass is 139 g/mol. The number of aliphatic hydroxyl groups excluding tert-OH is 1. The highest BCUT2D eigenvalue weighted by Gasteiger charge is 2.09. The van der Waals surface area contributed by atoms with Crippen LogP contribution in [-0.2, 0) is 0 Å². The Morgan fingerprint density at radius 2 is 2.10 bits per heavy atom. The van der Waals surface area contributed by atoms with E-state index >= 15 is 0 Å². The smallest absolute Gasteiger partial charge is 0.115 e. The summed E-state index contributed by atoms with van der Waals surface area (Å²) in [6, 6.07) is 0. The third-order valence-corrected chi connectivity index (χ3v) is 1.84. The number of hydrogen-bond donors (Lipinski definition) is 1. The first-order chi connectivity index (χ1) is 4.61. The van der Waals surface area contributed by atoms with Gasteiger partial charge >= 0.3 is 0 Å². The van der Waals surface area contributed by atoms with Gasteiger partial charge in [-0.15, -0.1) is 0 Å². The summed E-state index contributed by atoms with van der Waals surface area (Å²) in [6.45, 7) is 4.58. The normalized spacial score (nSPS) is 19.5. The van der Waals surface area contributed by atoms with E-state index in [2.05, 4.69) is 0 Å². The molecule has 0 unspecified atom stereocenters. The van der Waals surface area contributed by atoms with E-state index in [-0.39, 0.29) is 0 Å². The molecule has 1 aliphatic heterocycles. The van der Waals surface area contributed by atoms with Crippen LogP contribution < -0.4 is 0 Å². The van der Waals surface area contributed by atoms with Crippen molar-refractivity contribution in [3.8, 4) is 0 Å². The summed E-state index contributed by atoms with van der Waals surface area (Å²) in [5.41, 5.74) is 2.16. The van der Waals surface area contributed by atoms with Gasteiger partial charge in [-0.3, -0.25) is 0 Å². The Balaban J connectivity index is 2.90. The summed E-state index contributed by atoms with van der Waals surface area (Å²) >= 11 is 0. The van der Waals surface area contributed by atoms with Gasteiger partial charge in [-0.1, -0.05) is 0 Å². The molecular weight excluding hydrogens is 126 g/mol. The second-order valence-electron chi connectivity index (χ2n) is 2.80. The van der Waals surface area contributed by atoms with Gasteiger partial charge in [-0.25, -0.2) is 0 Å². The molecule has 0 radical (unpaired) electrons. The second kappa shape index (κ2) is 2.37. The molecule has 0 aromatic rings. The lowest BCUT2D eigenvalue weighted by Crippen LogP contribution is -2.19. The highest BCUT2D eigenvalue weighted by Crippen LogP contribution is 2.17. The fourth-order valence-corrected chi connectivity index (χ4v) is 1.06. The maximum absolute atomic E-state index is 9.32. The quantitative estimate of drug-likeness (QED) is 0.551. The Morgan fingerprint density at radius 1 is 1.50 bits per heavy atom. The zero-order valence-corrected chi connectivity index (χ0v) is 6.68. The minimum Gasteiger partial charge on any atom is -0.510 e. The van der Waals surface area contributed by atoms with Gasteiger partial charge in [-0.05, 0) is 25.0 Å². The van der Waals surface area contributed by atoms with Crippen LogP contribution >= 0.6 is 0 Å². The van der Waals surface area contributed by atoms with Gasteiger partial charge in [0.25, 0.3) is 0 Å². The van der Waals surface area contributed by atoms with Gasteiger partial charge in [0.15, 0.2) is 0 Å². The molecule has 0 aliphatic carbocycles. The molecule has 1 rings (SSSR count). The predicted octanol–water partition coefficient (Wildman–Crippen LogP) is 1.67. The molecular formula is C8H13NO. The lowest BCUT2D eigenvalue weighted by molar-refractivity contribution is 0.328. The van der Waals surface area contributed by atoms with Crippen molar-refractivity contribution >= 4 is 0 Å². The van der Waals surface area contributed by atoms with Crippen molar-refractivity contribution < 1.29 is 5.11 Å². The molecule has 0 atom stereocenters. The molecule has 56 valence electrons. The van der Waals surface area contributed by atoms with Gasteiger partial charge in [-0.2, -0.15) is 0 Å². The van der Waals surface area contributed by atoms with Crippen LogP contribution in [0.1, 0.15) is 13.8 Å². The highest BCUT2D eigenvalue weighted by molar-refractivity contribution is 5.32. The van der Waals surface area contributed by atoms with Gasteiger partial charge < -0.3 is 10.0 Å². The molecule has 0 fully saturated rings. The Hall–Kier alpha value is -0.920. The number of nitrogens with zero attached hydrogens (tertiary/aromatic N) is 1. The molecule has 0 amide bonds. The molecule has 0 spiro atoms. The Morgan fingerprint density at radius 3 is 2.60 bits per heavy atom. The molecule has 0 saturated heterocycles. The Bertz CT molecular complexity index is 203. The van der Waals surface area contributed by atoms with Crippen molar-refractivity contribution in [3.05, 3.63) is 23.1 Å². The summed E-state index contributed by atoms with van der Waals surface area (Å²) in [5.74, 6) is 0.488. The summed E-state index contributed by atoms with van der Waals surface area (Å²) in [6.07, 6.45) is 2.04. The van der Waals surface area contributed by atoms with Crippen LogP contribution in [0.4, 0.5) is 0 Å². The van der Waals surface area contributed by atoms with Crippen LogP contribution in [0.3, 0.4) is 0 Å². The average molecular weight is 139 g/mol. The summed E-state index contributed by atoms with van der Waals surface area (Å²) in [5, 5.41) is 9.32. The van der Waals surface area contributed by atoms with Crippen LogP contribution in [0.2, 0.25) is 0 Å². The van der Waals surface area contributed by atoms with Crippen molar-refractivity contribution in [3.63, 3.8) is 0 Å². The molecule has 1 heterocycles. The van der Waals surface area contributed by atoms with E-state index in [9.17, 15) is 5.11 Å². The van der Waals surface area contributed by atoms with Crippen molar-refractivity contribution in [1.82, 2.24) is 4.90 Å². The maximum atomic E-state index is 9.32. The van der Waals surface area contributed by atoms with E-state index in [0.717, 1.165) is 11.1 Å². The lowest BCUT2D eigenvalue weighted by atomic mass is 10.1. The molecule has 0 aromatic carbocycles. The highest BCUT2D eigenvalue weighted by atomic mass is 16.3. The van der Waals surface area contributed by atoms with E-state index in [1.165, 1.54) is 0 Å². The van der Waals surface area contributed by atoms with E-state index in [4.69, 9.17) is 0 Å². The number of rotatable bonds is 0. The van der Waals surface area contributed by atoms with Crippen molar-refractivity contribution in [2.75, 3.05) is 13.6 Å². The molecule has 2 nitrogen and oxygen atoms in total. The number of likely N-dealkylation sites (N-methyl/N-ethyl adjacent to an activating group) is 1. The standard InChI is InChI=1S/C8H13NO/c1-6-4-9(3)5-8(10)7(6)2/h4,10H,5H2,1-3H3. The van der Waals surface area contributed by atoms with Gasteiger partial charge in [0, 0.05) is 13.2 Å². The molecule has 2 heteroatoms.